The van der Waals surface area contributed by atoms with Gasteiger partial charge in [-0.05, 0) is 18.8 Å². The summed E-state index contributed by atoms with van der Waals surface area (Å²) in [5.41, 5.74) is 5.84. The quantitative estimate of drug-likeness (QED) is 0.468. The number of hydrogen-bond acceptors (Lipinski definition) is 5. The smallest absolute Gasteiger partial charge is 0.296 e. The maximum Gasteiger partial charge on any atom is 0.296 e. The van der Waals surface area contributed by atoms with Gasteiger partial charge in [0.25, 0.3) is 5.09 Å². The van der Waals surface area contributed by atoms with Crippen molar-refractivity contribution in [2.75, 3.05) is 13.1 Å². The van der Waals surface area contributed by atoms with Crippen molar-refractivity contribution < 1.29 is 9.92 Å². The molecule has 2 atom stereocenters. The van der Waals surface area contributed by atoms with Crippen LogP contribution in [0.25, 0.3) is 0 Å². The molecule has 2 bridgehead atoms. The lowest BCUT2D eigenvalue weighted by molar-refractivity contribution is -0.777. The molecule has 0 amide bonds. The largest absolute Gasteiger partial charge is 0.324 e. The molecule has 74 valence electrons. The van der Waals surface area contributed by atoms with E-state index in [0.717, 1.165) is 25.9 Å². The summed E-state index contributed by atoms with van der Waals surface area (Å²) >= 11 is 0. The highest BCUT2D eigenvalue weighted by atomic mass is 17.0. The van der Waals surface area contributed by atoms with Crippen molar-refractivity contribution in [3.8, 4) is 0 Å². The van der Waals surface area contributed by atoms with E-state index in [1.807, 2.05) is 4.90 Å². The van der Waals surface area contributed by atoms with E-state index in [4.69, 9.17) is 5.73 Å². The Labute approximate surface area is 75.7 Å². The third-order valence-corrected chi connectivity index (χ3v) is 3.00. The van der Waals surface area contributed by atoms with Crippen molar-refractivity contribution in [3.63, 3.8) is 0 Å². The van der Waals surface area contributed by atoms with Crippen LogP contribution in [0, 0.1) is 16.0 Å². The summed E-state index contributed by atoms with van der Waals surface area (Å²) in [4.78, 5) is 16.7. The van der Waals surface area contributed by atoms with Crippen molar-refractivity contribution in [1.82, 2.24) is 4.90 Å². The summed E-state index contributed by atoms with van der Waals surface area (Å²) in [6, 6.07) is -0.201. The third-order valence-electron chi connectivity index (χ3n) is 3.00. The average molecular weight is 187 g/mol. The zero-order valence-electron chi connectivity index (χ0n) is 7.26. The molecule has 0 spiro atoms. The Morgan fingerprint density at radius 1 is 1.46 bits per heavy atom. The fraction of sp³-hybridized carbons (Fsp3) is 1.00. The minimum Gasteiger partial charge on any atom is -0.324 e. The predicted molar refractivity (Wildman–Crippen MR) is 44.1 cm³/mol. The van der Waals surface area contributed by atoms with E-state index < -0.39 is 11.3 Å². The summed E-state index contributed by atoms with van der Waals surface area (Å²) in [6.45, 7) is 1.74. The molecule has 2 N–H and O–H groups in total. The first-order chi connectivity index (χ1) is 6.18. The number of rotatable bonds is 2. The minimum absolute atomic E-state index is 0.201. The van der Waals surface area contributed by atoms with Crippen molar-refractivity contribution in [1.29, 1.82) is 0 Å². The second-order valence-electron chi connectivity index (χ2n) is 3.67. The van der Waals surface area contributed by atoms with Gasteiger partial charge in [0.05, 0.1) is 0 Å². The molecular formula is C7H13N3O3. The van der Waals surface area contributed by atoms with Crippen molar-refractivity contribution >= 4 is 0 Å². The number of piperidine rings is 3. The average Bonchev–Trinajstić information content (AvgIpc) is 2.11. The molecule has 6 nitrogen and oxygen atoms in total. The van der Waals surface area contributed by atoms with Gasteiger partial charge in [-0.25, -0.2) is 0 Å². The van der Waals surface area contributed by atoms with Gasteiger partial charge in [-0.2, -0.15) is 0 Å². The number of hydrogen-bond donors (Lipinski definition) is 1. The number of fused-ring (bicyclic) bond motifs is 3. The molecule has 6 heteroatoms. The molecule has 3 aliphatic rings. The van der Waals surface area contributed by atoms with E-state index >= 15 is 0 Å². The van der Waals surface area contributed by atoms with E-state index in [1.165, 1.54) is 0 Å². The van der Waals surface area contributed by atoms with Gasteiger partial charge in [0.2, 0.25) is 0 Å². The van der Waals surface area contributed by atoms with Crippen LogP contribution in [0.1, 0.15) is 12.8 Å². The van der Waals surface area contributed by atoms with E-state index in [0.29, 0.717) is 5.92 Å². The Morgan fingerprint density at radius 2 is 2.08 bits per heavy atom. The molecule has 3 aliphatic heterocycles. The maximum atomic E-state index is 10.2. The highest BCUT2D eigenvalue weighted by Gasteiger charge is 2.42. The zero-order valence-corrected chi connectivity index (χ0v) is 7.26. The SMILES string of the molecule is NC1C2CCN(CC2)C1O[N+](=O)[O-]. The van der Waals surface area contributed by atoms with Gasteiger partial charge < -0.3 is 5.73 Å². The van der Waals surface area contributed by atoms with Crippen LogP contribution in [-0.2, 0) is 4.84 Å². The second-order valence-corrected chi connectivity index (χ2v) is 3.67. The fourth-order valence-corrected chi connectivity index (χ4v) is 2.26. The van der Waals surface area contributed by atoms with E-state index in [9.17, 15) is 10.1 Å². The summed E-state index contributed by atoms with van der Waals surface area (Å²) < 4.78 is 0. The standard InChI is InChI=1S/C7H13N3O3/c8-6-5-1-3-9(4-2-5)7(6)13-10(11)12/h5-7H,1-4,8H2. The Hall–Kier alpha value is -0.880. The Morgan fingerprint density at radius 3 is 2.54 bits per heavy atom. The third kappa shape index (κ3) is 1.47. The highest BCUT2D eigenvalue weighted by molar-refractivity contribution is 4.92. The van der Waals surface area contributed by atoms with Gasteiger partial charge in [-0.3, -0.25) is 9.74 Å². The molecule has 3 saturated heterocycles. The lowest BCUT2D eigenvalue weighted by Gasteiger charge is -2.47. The van der Waals surface area contributed by atoms with Gasteiger partial charge >= 0.3 is 0 Å². The molecular weight excluding hydrogens is 174 g/mol. The van der Waals surface area contributed by atoms with Crippen LogP contribution < -0.4 is 5.73 Å². The Kier molecular flexibility index (Phi) is 2.09. The number of nitrogens with zero attached hydrogens (tertiary/aromatic N) is 2. The van der Waals surface area contributed by atoms with E-state index in [1.54, 1.807) is 0 Å². The molecule has 3 fully saturated rings. The lowest BCUT2D eigenvalue weighted by Crippen LogP contribution is -2.62. The Balaban J connectivity index is 2.05. The summed E-state index contributed by atoms with van der Waals surface area (Å²) in [6.07, 6.45) is 1.57. The first-order valence-electron chi connectivity index (χ1n) is 4.49. The van der Waals surface area contributed by atoms with Crippen LogP contribution in [0.5, 0.6) is 0 Å². The van der Waals surface area contributed by atoms with Crippen molar-refractivity contribution in [2.24, 2.45) is 11.7 Å². The van der Waals surface area contributed by atoms with Crippen LogP contribution >= 0.6 is 0 Å². The molecule has 0 aromatic heterocycles. The monoisotopic (exact) mass is 187 g/mol. The molecule has 2 unspecified atom stereocenters. The van der Waals surface area contributed by atoms with Crippen molar-refractivity contribution in [3.05, 3.63) is 10.1 Å². The molecule has 0 aromatic carbocycles. The second kappa shape index (κ2) is 3.12. The maximum absolute atomic E-state index is 10.2. The van der Waals surface area contributed by atoms with Gasteiger partial charge in [0.1, 0.15) is 0 Å². The van der Waals surface area contributed by atoms with Crippen LogP contribution in [0.4, 0.5) is 0 Å². The topological polar surface area (TPSA) is 81.6 Å². The first kappa shape index (κ1) is 8.71. The molecule has 13 heavy (non-hydrogen) atoms. The van der Waals surface area contributed by atoms with Gasteiger partial charge in [-0.15, -0.1) is 10.1 Å². The summed E-state index contributed by atoms with van der Waals surface area (Å²) in [5.74, 6) is 0.398. The summed E-state index contributed by atoms with van der Waals surface area (Å²) in [7, 11) is 0. The fourth-order valence-electron chi connectivity index (χ4n) is 2.26. The van der Waals surface area contributed by atoms with Crippen LogP contribution in [-0.4, -0.2) is 35.3 Å². The van der Waals surface area contributed by atoms with E-state index in [2.05, 4.69) is 4.84 Å². The first-order valence-corrected chi connectivity index (χ1v) is 4.49. The molecule has 0 aromatic rings. The normalized spacial score (nSPS) is 43.2. The highest BCUT2D eigenvalue weighted by Crippen LogP contribution is 2.31. The Bertz CT molecular complexity index is 213. The molecule has 0 saturated carbocycles. The van der Waals surface area contributed by atoms with Crippen LogP contribution in [0.3, 0.4) is 0 Å². The summed E-state index contributed by atoms with van der Waals surface area (Å²) in [5, 5.41) is 9.45. The molecule has 0 radical (unpaired) electrons. The number of nitrogens with two attached hydrogens (primary N) is 1. The molecule has 0 aliphatic carbocycles. The van der Waals surface area contributed by atoms with Crippen molar-refractivity contribution in [2.45, 2.75) is 25.1 Å². The lowest BCUT2D eigenvalue weighted by atomic mass is 9.83. The van der Waals surface area contributed by atoms with E-state index in [-0.39, 0.29) is 6.04 Å². The van der Waals surface area contributed by atoms with Crippen LogP contribution in [0.2, 0.25) is 0 Å². The van der Waals surface area contributed by atoms with Gasteiger partial charge in [0.15, 0.2) is 6.23 Å². The predicted octanol–water partition coefficient (Wildman–Crippen LogP) is -0.426. The molecule has 3 heterocycles. The van der Waals surface area contributed by atoms with Gasteiger partial charge in [0, 0.05) is 19.1 Å². The molecule has 3 rings (SSSR count). The minimum atomic E-state index is -0.745. The van der Waals surface area contributed by atoms with Gasteiger partial charge in [-0.1, -0.05) is 0 Å². The zero-order chi connectivity index (χ0) is 9.42. The van der Waals surface area contributed by atoms with Crippen LogP contribution in [0.15, 0.2) is 0 Å².